The standard InChI is InChI=1S/C15H26N2O2S/c1-4-9-20(18,19)15-8-6-5-7-14(15)17-11-13(16)10-12(2)3/h5-8,12-13,17H,4,9-11,16H2,1-3H3. The summed E-state index contributed by atoms with van der Waals surface area (Å²) in [6.45, 7) is 6.70. The Morgan fingerprint density at radius 3 is 2.50 bits per heavy atom. The van der Waals surface area contributed by atoms with Crippen LogP contribution in [-0.4, -0.2) is 26.8 Å². The number of sulfone groups is 1. The quantitative estimate of drug-likeness (QED) is 0.774. The Bertz CT molecular complexity index is 512. The van der Waals surface area contributed by atoms with Gasteiger partial charge in [0.25, 0.3) is 0 Å². The molecule has 0 bridgehead atoms. The summed E-state index contributed by atoms with van der Waals surface area (Å²) in [5.41, 5.74) is 6.68. The molecule has 1 aromatic rings. The molecule has 0 spiro atoms. The first kappa shape index (κ1) is 17.0. The second kappa shape index (κ2) is 7.64. The molecule has 0 aliphatic heterocycles. The molecule has 0 amide bonds. The summed E-state index contributed by atoms with van der Waals surface area (Å²) in [4.78, 5) is 0.374. The van der Waals surface area contributed by atoms with Crippen molar-refractivity contribution in [3.05, 3.63) is 24.3 Å². The zero-order valence-corrected chi connectivity index (χ0v) is 13.4. The van der Waals surface area contributed by atoms with E-state index >= 15 is 0 Å². The van der Waals surface area contributed by atoms with Gasteiger partial charge in [0.05, 0.1) is 16.3 Å². The maximum absolute atomic E-state index is 12.2. The van der Waals surface area contributed by atoms with Gasteiger partial charge in [-0.25, -0.2) is 8.42 Å². The maximum atomic E-state index is 12.2. The van der Waals surface area contributed by atoms with Gasteiger partial charge in [0, 0.05) is 12.6 Å². The molecule has 1 rings (SSSR count). The van der Waals surface area contributed by atoms with Crippen LogP contribution in [0, 0.1) is 5.92 Å². The summed E-state index contributed by atoms with van der Waals surface area (Å²) in [5.74, 6) is 0.704. The van der Waals surface area contributed by atoms with Crippen LogP contribution < -0.4 is 11.1 Å². The molecule has 1 aromatic carbocycles. The van der Waals surface area contributed by atoms with Gasteiger partial charge in [-0.1, -0.05) is 32.9 Å². The largest absolute Gasteiger partial charge is 0.382 e. The van der Waals surface area contributed by atoms with E-state index in [4.69, 9.17) is 5.73 Å². The summed E-state index contributed by atoms with van der Waals surface area (Å²) in [6.07, 6.45) is 1.53. The number of nitrogens with two attached hydrogens (primary N) is 1. The first-order valence-corrected chi connectivity index (χ1v) is 8.83. The van der Waals surface area contributed by atoms with Crippen molar-refractivity contribution in [1.29, 1.82) is 0 Å². The van der Waals surface area contributed by atoms with E-state index in [1.807, 2.05) is 13.0 Å². The van der Waals surface area contributed by atoms with Gasteiger partial charge < -0.3 is 11.1 Å². The number of benzene rings is 1. The number of rotatable bonds is 8. The second-order valence-electron chi connectivity index (χ2n) is 5.59. The predicted molar refractivity (Wildman–Crippen MR) is 84.7 cm³/mol. The van der Waals surface area contributed by atoms with Crippen LogP contribution in [0.2, 0.25) is 0 Å². The Balaban J connectivity index is 2.81. The third-order valence-electron chi connectivity index (χ3n) is 3.02. The van der Waals surface area contributed by atoms with Crippen LogP contribution in [0.3, 0.4) is 0 Å². The van der Waals surface area contributed by atoms with Gasteiger partial charge in [0.15, 0.2) is 9.84 Å². The Morgan fingerprint density at radius 1 is 1.25 bits per heavy atom. The summed E-state index contributed by atoms with van der Waals surface area (Å²) in [5, 5.41) is 3.18. The van der Waals surface area contributed by atoms with Crippen LogP contribution in [0.15, 0.2) is 29.2 Å². The first-order chi connectivity index (χ1) is 9.36. The lowest BCUT2D eigenvalue weighted by Gasteiger charge is -2.17. The minimum Gasteiger partial charge on any atom is -0.382 e. The van der Waals surface area contributed by atoms with E-state index in [2.05, 4.69) is 19.2 Å². The molecule has 0 aliphatic rings. The fourth-order valence-electron chi connectivity index (χ4n) is 2.19. The predicted octanol–water partition coefficient (Wildman–Crippen LogP) is 2.66. The van der Waals surface area contributed by atoms with E-state index in [1.165, 1.54) is 0 Å². The molecule has 0 fully saturated rings. The Morgan fingerprint density at radius 2 is 1.90 bits per heavy atom. The fourth-order valence-corrected chi connectivity index (χ4v) is 3.71. The third-order valence-corrected chi connectivity index (χ3v) is 5.00. The summed E-state index contributed by atoms with van der Waals surface area (Å²) in [7, 11) is -3.22. The summed E-state index contributed by atoms with van der Waals surface area (Å²) >= 11 is 0. The topological polar surface area (TPSA) is 72.2 Å². The highest BCUT2D eigenvalue weighted by atomic mass is 32.2. The number of para-hydroxylation sites is 1. The lowest BCUT2D eigenvalue weighted by atomic mass is 10.0. The molecule has 114 valence electrons. The number of hydrogen-bond donors (Lipinski definition) is 2. The minimum atomic E-state index is -3.22. The van der Waals surface area contributed by atoms with Crippen molar-refractivity contribution < 1.29 is 8.42 Å². The molecule has 20 heavy (non-hydrogen) atoms. The van der Waals surface area contributed by atoms with Gasteiger partial charge >= 0.3 is 0 Å². The van der Waals surface area contributed by atoms with E-state index in [0.717, 1.165) is 6.42 Å². The smallest absolute Gasteiger partial charge is 0.180 e. The lowest BCUT2D eigenvalue weighted by molar-refractivity contribution is 0.508. The zero-order chi connectivity index (χ0) is 15.2. The molecule has 0 heterocycles. The van der Waals surface area contributed by atoms with Crippen LogP contribution in [0.4, 0.5) is 5.69 Å². The monoisotopic (exact) mass is 298 g/mol. The van der Waals surface area contributed by atoms with Crippen LogP contribution >= 0.6 is 0 Å². The van der Waals surface area contributed by atoms with Crippen LogP contribution in [0.25, 0.3) is 0 Å². The van der Waals surface area contributed by atoms with Crippen molar-refractivity contribution in [2.75, 3.05) is 17.6 Å². The average molecular weight is 298 g/mol. The first-order valence-electron chi connectivity index (χ1n) is 7.18. The van der Waals surface area contributed by atoms with E-state index in [-0.39, 0.29) is 11.8 Å². The van der Waals surface area contributed by atoms with Gasteiger partial charge in [-0.3, -0.25) is 0 Å². The summed E-state index contributed by atoms with van der Waals surface area (Å²) < 4.78 is 24.4. The number of hydrogen-bond acceptors (Lipinski definition) is 4. The van der Waals surface area contributed by atoms with Gasteiger partial charge in [-0.15, -0.1) is 0 Å². The molecular formula is C15H26N2O2S. The van der Waals surface area contributed by atoms with Gasteiger partial charge in [0.1, 0.15) is 0 Å². The van der Waals surface area contributed by atoms with Gasteiger partial charge in [-0.05, 0) is 30.9 Å². The molecule has 0 saturated heterocycles. The highest BCUT2D eigenvalue weighted by Gasteiger charge is 2.17. The molecule has 0 aliphatic carbocycles. The molecule has 1 unspecified atom stereocenters. The molecule has 3 N–H and O–H groups in total. The van der Waals surface area contributed by atoms with Crippen molar-refractivity contribution in [3.8, 4) is 0 Å². The average Bonchev–Trinajstić information content (AvgIpc) is 2.36. The van der Waals surface area contributed by atoms with Gasteiger partial charge in [-0.2, -0.15) is 0 Å². The molecule has 4 nitrogen and oxygen atoms in total. The molecule has 0 saturated carbocycles. The SMILES string of the molecule is CCCS(=O)(=O)c1ccccc1NCC(N)CC(C)C. The van der Waals surface area contributed by atoms with E-state index in [1.54, 1.807) is 18.2 Å². The van der Waals surface area contributed by atoms with Crippen LogP contribution in [0.5, 0.6) is 0 Å². The number of anilines is 1. The Kier molecular flexibility index (Phi) is 6.49. The van der Waals surface area contributed by atoms with Crippen molar-refractivity contribution in [1.82, 2.24) is 0 Å². The summed E-state index contributed by atoms with van der Waals surface area (Å²) in [6, 6.07) is 7.06. The van der Waals surface area contributed by atoms with E-state index < -0.39 is 9.84 Å². The minimum absolute atomic E-state index is 0.0249. The van der Waals surface area contributed by atoms with Crippen molar-refractivity contribution in [2.45, 2.75) is 44.6 Å². The lowest BCUT2D eigenvalue weighted by Crippen LogP contribution is -2.30. The van der Waals surface area contributed by atoms with Crippen molar-refractivity contribution in [2.24, 2.45) is 11.7 Å². The Hall–Kier alpha value is -1.07. The molecule has 1 atom stereocenters. The molecule has 5 heteroatoms. The van der Waals surface area contributed by atoms with Crippen LogP contribution in [0.1, 0.15) is 33.6 Å². The highest BCUT2D eigenvalue weighted by molar-refractivity contribution is 7.91. The van der Waals surface area contributed by atoms with Gasteiger partial charge in [0.2, 0.25) is 0 Å². The highest BCUT2D eigenvalue weighted by Crippen LogP contribution is 2.22. The Labute approximate surface area is 122 Å². The van der Waals surface area contributed by atoms with Crippen LogP contribution in [-0.2, 0) is 9.84 Å². The normalized spacial score (nSPS) is 13.4. The fraction of sp³-hybridized carbons (Fsp3) is 0.600. The van der Waals surface area contributed by atoms with Crippen molar-refractivity contribution >= 4 is 15.5 Å². The van der Waals surface area contributed by atoms with E-state index in [0.29, 0.717) is 29.5 Å². The maximum Gasteiger partial charge on any atom is 0.180 e. The molecular weight excluding hydrogens is 272 g/mol. The number of nitrogens with one attached hydrogen (secondary N) is 1. The zero-order valence-electron chi connectivity index (χ0n) is 12.6. The second-order valence-corrected chi connectivity index (χ2v) is 7.66. The third kappa shape index (κ3) is 5.13. The molecule has 0 aromatic heterocycles. The van der Waals surface area contributed by atoms with E-state index in [9.17, 15) is 8.42 Å². The molecule has 0 radical (unpaired) electrons. The van der Waals surface area contributed by atoms with Crippen molar-refractivity contribution in [3.63, 3.8) is 0 Å².